The Morgan fingerprint density at radius 2 is 2.11 bits per heavy atom. The molecule has 8 nitrogen and oxygen atoms in total. The van der Waals surface area contributed by atoms with Gasteiger partial charge in [0.2, 0.25) is 5.95 Å². The van der Waals surface area contributed by atoms with E-state index in [4.69, 9.17) is 0 Å². The maximum absolute atomic E-state index is 9.92. The van der Waals surface area contributed by atoms with Crippen molar-refractivity contribution in [2.24, 2.45) is 5.41 Å². The quantitative estimate of drug-likeness (QED) is 0.712. The van der Waals surface area contributed by atoms with Gasteiger partial charge in [-0.1, -0.05) is 27.7 Å². The number of aromatic nitrogens is 4. The summed E-state index contributed by atoms with van der Waals surface area (Å²) in [5, 5.41) is 25.7. The van der Waals surface area contributed by atoms with E-state index in [2.05, 4.69) is 50.5 Å². The first kappa shape index (κ1) is 19.0. The van der Waals surface area contributed by atoms with Crippen LogP contribution in [0.1, 0.15) is 56.9 Å². The molecule has 0 radical (unpaired) electrons. The highest BCUT2D eigenvalue weighted by atomic mass is 16.3. The molecule has 142 valence electrons. The summed E-state index contributed by atoms with van der Waals surface area (Å²) < 4.78 is 0. The molecule has 1 fully saturated rings. The molecule has 8 heteroatoms. The van der Waals surface area contributed by atoms with Gasteiger partial charge in [0.25, 0.3) is 0 Å². The van der Waals surface area contributed by atoms with Crippen molar-refractivity contribution in [1.29, 1.82) is 5.26 Å². The maximum atomic E-state index is 9.92. The Hall–Kier alpha value is -2.79. The molecule has 0 amide bonds. The van der Waals surface area contributed by atoms with Crippen LogP contribution in [0.25, 0.3) is 0 Å². The second-order valence-electron chi connectivity index (χ2n) is 7.78. The molecule has 2 aromatic heterocycles. The topological polar surface area (TPSA) is 120 Å². The van der Waals surface area contributed by atoms with Crippen LogP contribution >= 0.6 is 0 Å². The van der Waals surface area contributed by atoms with Crippen LogP contribution in [0.5, 0.6) is 0 Å². The number of hydrogen-bond donors (Lipinski definition) is 3. The molecule has 0 saturated heterocycles. The lowest BCUT2D eigenvalue weighted by molar-refractivity contribution is -0.0511. The highest BCUT2D eigenvalue weighted by Crippen LogP contribution is 2.42. The number of nitriles is 1. The third-order valence-corrected chi connectivity index (χ3v) is 5.24. The summed E-state index contributed by atoms with van der Waals surface area (Å²) in [5.74, 6) is 1.19. The summed E-state index contributed by atoms with van der Waals surface area (Å²) in [5.41, 5.74) is 2.08. The van der Waals surface area contributed by atoms with Crippen LogP contribution in [0.2, 0.25) is 0 Å². The minimum Gasteiger partial charge on any atom is -0.392 e. The van der Waals surface area contributed by atoms with Gasteiger partial charge in [0.05, 0.1) is 18.0 Å². The molecule has 2 aromatic rings. The smallest absolute Gasteiger partial charge is 0.224 e. The maximum Gasteiger partial charge on any atom is 0.224 e. The van der Waals surface area contributed by atoms with Gasteiger partial charge in [-0.25, -0.2) is 15.0 Å². The van der Waals surface area contributed by atoms with Crippen molar-refractivity contribution in [3.8, 4) is 6.07 Å². The minimum absolute atomic E-state index is 0.0532. The zero-order valence-corrected chi connectivity index (χ0v) is 16.1. The average Bonchev–Trinajstić information content (AvgIpc) is 2.66. The number of rotatable bonds is 6. The van der Waals surface area contributed by atoms with Gasteiger partial charge in [-0.05, 0) is 12.3 Å². The lowest BCUT2D eigenvalue weighted by Crippen LogP contribution is -2.57. The normalized spacial score (nSPS) is 20.6. The molecule has 1 saturated carbocycles. The van der Waals surface area contributed by atoms with Crippen molar-refractivity contribution in [3.63, 3.8) is 0 Å². The molecular weight excluding hydrogens is 342 g/mol. The summed E-state index contributed by atoms with van der Waals surface area (Å²) in [6.07, 6.45) is 5.12. The Morgan fingerprint density at radius 3 is 2.74 bits per heavy atom. The van der Waals surface area contributed by atoms with E-state index < -0.39 is 0 Å². The summed E-state index contributed by atoms with van der Waals surface area (Å²) in [7, 11) is 0. The van der Waals surface area contributed by atoms with Gasteiger partial charge in [-0.15, -0.1) is 0 Å². The first-order chi connectivity index (χ1) is 12.8. The molecule has 0 aliphatic heterocycles. The van der Waals surface area contributed by atoms with Gasteiger partial charge >= 0.3 is 0 Å². The molecule has 2 unspecified atom stereocenters. The van der Waals surface area contributed by atoms with Crippen molar-refractivity contribution >= 4 is 11.8 Å². The lowest BCUT2D eigenvalue weighted by Gasteiger charge is -2.49. The lowest BCUT2D eigenvalue weighted by atomic mass is 9.64. The SMILES string of the molecule is CC(C)c1ncncc1CNc1ncc(C#N)c(NC2CC(O)C2(C)C)n1. The second-order valence-corrected chi connectivity index (χ2v) is 7.78. The van der Waals surface area contributed by atoms with Crippen molar-refractivity contribution < 1.29 is 5.11 Å². The summed E-state index contributed by atoms with van der Waals surface area (Å²) >= 11 is 0. The van der Waals surface area contributed by atoms with Crippen LogP contribution in [-0.4, -0.2) is 37.2 Å². The Kier molecular flexibility index (Phi) is 5.24. The van der Waals surface area contributed by atoms with Crippen LogP contribution in [0.4, 0.5) is 11.8 Å². The third-order valence-electron chi connectivity index (χ3n) is 5.24. The van der Waals surface area contributed by atoms with Gasteiger partial charge in [-0.3, -0.25) is 0 Å². The fourth-order valence-electron chi connectivity index (χ4n) is 3.17. The van der Waals surface area contributed by atoms with Crippen molar-refractivity contribution in [3.05, 3.63) is 35.5 Å². The number of aliphatic hydroxyl groups excluding tert-OH is 1. The molecule has 3 N–H and O–H groups in total. The van der Waals surface area contributed by atoms with Crippen molar-refractivity contribution in [2.75, 3.05) is 10.6 Å². The molecular formula is C19H25N7O. The number of nitrogens with one attached hydrogen (secondary N) is 2. The zero-order valence-electron chi connectivity index (χ0n) is 16.1. The summed E-state index contributed by atoms with van der Waals surface area (Å²) in [6, 6.07) is 2.17. The van der Waals surface area contributed by atoms with E-state index in [0.29, 0.717) is 30.3 Å². The van der Waals surface area contributed by atoms with Gasteiger partial charge in [0.1, 0.15) is 23.8 Å². The first-order valence-electron chi connectivity index (χ1n) is 9.07. The van der Waals surface area contributed by atoms with E-state index in [1.165, 1.54) is 6.20 Å². The molecule has 0 bridgehead atoms. The van der Waals surface area contributed by atoms with Gasteiger partial charge < -0.3 is 15.7 Å². The second kappa shape index (κ2) is 7.45. The number of hydrogen-bond acceptors (Lipinski definition) is 8. The van der Waals surface area contributed by atoms with E-state index in [1.54, 1.807) is 12.5 Å². The van der Waals surface area contributed by atoms with Crippen molar-refractivity contribution in [1.82, 2.24) is 19.9 Å². The zero-order chi connectivity index (χ0) is 19.6. The Balaban J connectivity index is 1.75. The molecule has 1 aliphatic carbocycles. The fourth-order valence-corrected chi connectivity index (χ4v) is 3.17. The predicted molar refractivity (Wildman–Crippen MR) is 102 cm³/mol. The van der Waals surface area contributed by atoms with E-state index >= 15 is 0 Å². The van der Waals surface area contributed by atoms with E-state index in [9.17, 15) is 10.4 Å². The molecule has 1 aliphatic rings. The van der Waals surface area contributed by atoms with Gasteiger partial charge in [0.15, 0.2) is 0 Å². The Bertz CT molecular complexity index is 859. The minimum atomic E-state index is -0.354. The summed E-state index contributed by atoms with van der Waals surface area (Å²) in [6.45, 7) is 8.65. The Labute approximate surface area is 159 Å². The number of anilines is 2. The van der Waals surface area contributed by atoms with Gasteiger partial charge in [0, 0.05) is 29.8 Å². The van der Waals surface area contributed by atoms with E-state index in [1.807, 2.05) is 13.8 Å². The molecule has 0 spiro atoms. The van der Waals surface area contributed by atoms with Gasteiger partial charge in [-0.2, -0.15) is 10.2 Å². The third kappa shape index (κ3) is 3.83. The highest BCUT2D eigenvalue weighted by molar-refractivity contribution is 5.54. The first-order valence-corrected chi connectivity index (χ1v) is 9.07. The fraction of sp³-hybridized carbons (Fsp3) is 0.526. The number of aliphatic hydroxyl groups is 1. The van der Waals surface area contributed by atoms with Crippen LogP contribution in [0.3, 0.4) is 0 Å². The molecule has 0 aromatic carbocycles. The van der Waals surface area contributed by atoms with Crippen molar-refractivity contribution in [2.45, 2.75) is 58.7 Å². The molecule has 2 heterocycles. The average molecular weight is 367 g/mol. The van der Waals surface area contributed by atoms with Crippen LogP contribution in [0, 0.1) is 16.7 Å². The van der Waals surface area contributed by atoms with Crippen LogP contribution in [-0.2, 0) is 6.54 Å². The van der Waals surface area contributed by atoms with Crippen LogP contribution in [0.15, 0.2) is 18.7 Å². The molecule has 3 rings (SSSR count). The monoisotopic (exact) mass is 367 g/mol. The molecule has 27 heavy (non-hydrogen) atoms. The largest absolute Gasteiger partial charge is 0.392 e. The highest BCUT2D eigenvalue weighted by Gasteiger charge is 2.47. The predicted octanol–water partition coefficient (Wildman–Crippen LogP) is 2.45. The van der Waals surface area contributed by atoms with Crippen LogP contribution < -0.4 is 10.6 Å². The standard InChI is InChI=1S/C19H25N7O/c1-11(2)16-13(7-21-10-24-16)9-23-18-22-8-12(6-20)17(26-18)25-14-5-15(27)19(14,3)4/h7-8,10-11,14-15,27H,5,9H2,1-4H3,(H2,22,23,25,26). The van der Waals surface area contributed by atoms with E-state index in [-0.39, 0.29) is 23.5 Å². The molecule has 2 atom stereocenters. The summed E-state index contributed by atoms with van der Waals surface area (Å²) in [4.78, 5) is 17.1. The Morgan fingerprint density at radius 1 is 1.33 bits per heavy atom. The van der Waals surface area contributed by atoms with E-state index in [0.717, 1.165) is 11.3 Å². The number of nitrogens with zero attached hydrogens (tertiary/aromatic N) is 5.